The Labute approximate surface area is 171 Å². The van der Waals surface area contributed by atoms with Crippen LogP contribution in [0.2, 0.25) is 0 Å². The SMILES string of the molecule is COCC(C)/C=C\C(C(=O)NCc1ccc(Oc2ccccc2F)cc1)=C(/C)N. The van der Waals surface area contributed by atoms with Gasteiger partial charge >= 0.3 is 0 Å². The Bertz CT molecular complexity index is 872. The molecule has 3 N–H and O–H groups in total. The van der Waals surface area contributed by atoms with Gasteiger partial charge in [-0.05, 0) is 42.7 Å². The lowest BCUT2D eigenvalue weighted by Gasteiger charge is -2.10. The normalized spacial score (nSPS) is 13.1. The van der Waals surface area contributed by atoms with Crippen LogP contribution in [0.15, 0.2) is 72.0 Å². The van der Waals surface area contributed by atoms with Crippen LogP contribution in [0, 0.1) is 11.7 Å². The first-order valence-corrected chi connectivity index (χ1v) is 9.33. The van der Waals surface area contributed by atoms with E-state index < -0.39 is 5.82 Å². The number of methoxy groups -OCH3 is 1. The van der Waals surface area contributed by atoms with E-state index in [-0.39, 0.29) is 17.6 Å². The molecule has 0 aromatic heterocycles. The van der Waals surface area contributed by atoms with E-state index in [1.807, 2.05) is 25.1 Å². The number of allylic oxidation sites excluding steroid dienone is 1. The summed E-state index contributed by atoms with van der Waals surface area (Å²) in [4.78, 5) is 12.5. The molecule has 1 amide bonds. The van der Waals surface area contributed by atoms with E-state index in [1.54, 1.807) is 50.4 Å². The smallest absolute Gasteiger partial charge is 0.253 e. The minimum atomic E-state index is -0.423. The van der Waals surface area contributed by atoms with E-state index in [0.29, 0.717) is 30.2 Å². The quantitative estimate of drug-likeness (QED) is 0.488. The van der Waals surface area contributed by atoms with Crippen molar-refractivity contribution in [2.75, 3.05) is 13.7 Å². The molecule has 0 aliphatic rings. The van der Waals surface area contributed by atoms with Crippen LogP contribution in [-0.4, -0.2) is 19.6 Å². The van der Waals surface area contributed by atoms with Crippen molar-refractivity contribution in [1.82, 2.24) is 5.32 Å². The number of benzene rings is 2. The number of halogens is 1. The van der Waals surface area contributed by atoms with Crippen LogP contribution >= 0.6 is 0 Å². The number of ether oxygens (including phenoxy) is 2. The topological polar surface area (TPSA) is 73.6 Å². The summed E-state index contributed by atoms with van der Waals surface area (Å²) >= 11 is 0. The molecule has 0 aliphatic heterocycles. The van der Waals surface area contributed by atoms with Gasteiger partial charge in [0.15, 0.2) is 11.6 Å². The molecule has 0 radical (unpaired) electrons. The van der Waals surface area contributed by atoms with Crippen molar-refractivity contribution < 1.29 is 18.7 Å². The van der Waals surface area contributed by atoms with Crippen LogP contribution in [-0.2, 0) is 16.1 Å². The Kier molecular flexibility index (Phi) is 8.43. The lowest BCUT2D eigenvalue weighted by atomic mass is 10.1. The van der Waals surface area contributed by atoms with Crippen molar-refractivity contribution in [3.05, 3.63) is 83.3 Å². The van der Waals surface area contributed by atoms with E-state index in [2.05, 4.69) is 5.32 Å². The molecule has 154 valence electrons. The Morgan fingerprint density at radius 3 is 2.52 bits per heavy atom. The number of nitrogens with two attached hydrogens (primary N) is 1. The van der Waals surface area contributed by atoms with Gasteiger partial charge in [0.1, 0.15) is 5.75 Å². The predicted molar refractivity (Wildman–Crippen MR) is 112 cm³/mol. The highest BCUT2D eigenvalue weighted by Gasteiger charge is 2.10. The number of hydrogen-bond donors (Lipinski definition) is 2. The molecule has 5 nitrogen and oxygen atoms in total. The molecular formula is C23H27FN2O3. The standard InChI is InChI=1S/C23H27FN2O3/c1-16(15-28-3)8-13-20(17(2)25)23(27)26-14-18-9-11-19(12-10-18)29-22-7-5-4-6-21(22)24/h4-13,16H,14-15,25H2,1-3H3,(H,26,27)/b13-8-,20-17-. The van der Waals surface area contributed by atoms with Gasteiger partial charge < -0.3 is 20.5 Å². The summed E-state index contributed by atoms with van der Waals surface area (Å²) in [5.74, 6) is 0.171. The zero-order valence-corrected chi connectivity index (χ0v) is 16.9. The largest absolute Gasteiger partial charge is 0.454 e. The van der Waals surface area contributed by atoms with Gasteiger partial charge in [-0.25, -0.2) is 4.39 Å². The van der Waals surface area contributed by atoms with Crippen LogP contribution in [0.1, 0.15) is 19.4 Å². The maximum atomic E-state index is 13.7. The molecule has 1 unspecified atom stereocenters. The third kappa shape index (κ3) is 7.08. The van der Waals surface area contributed by atoms with E-state index in [1.165, 1.54) is 6.07 Å². The average Bonchev–Trinajstić information content (AvgIpc) is 2.69. The average molecular weight is 398 g/mol. The number of carbonyl (C=O) groups is 1. The van der Waals surface area contributed by atoms with Gasteiger partial charge in [-0.2, -0.15) is 0 Å². The van der Waals surface area contributed by atoms with Crippen molar-refractivity contribution in [1.29, 1.82) is 0 Å². The van der Waals surface area contributed by atoms with Gasteiger partial charge in [-0.1, -0.05) is 43.3 Å². The van der Waals surface area contributed by atoms with Crippen LogP contribution < -0.4 is 15.8 Å². The lowest BCUT2D eigenvalue weighted by Crippen LogP contribution is -2.25. The monoisotopic (exact) mass is 398 g/mol. The molecule has 2 aromatic carbocycles. The summed E-state index contributed by atoms with van der Waals surface area (Å²) in [6.45, 7) is 4.58. The summed E-state index contributed by atoms with van der Waals surface area (Å²) in [6, 6.07) is 13.3. The molecule has 0 saturated carbocycles. The molecule has 29 heavy (non-hydrogen) atoms. The minimum Gasteiger partial charge on any atom is -0.454 e. The molecule has 2 rings (SSSR count). The fourth-order valence-electron chi connectivity index (χ4n) is 2.57. The highest BCUT2D eigenvalue weighted by Crippen LogP contribution is 2.24. The molecule has 0 fully saturated rings. The Balaban J connectivity index is 1.95. The summed E-state index contributed by atoms with van der Waals surface area (Å²) in [5, 5.41) is 2.85. The number of rotatable bonds is 9. The third-order valence-electron chi connectivity index (χ3n) is 4.13. The molecular weight excluding hydrogens is 371 g/mol. The number of amides is 1. The molecule has 0 spiro atoms. The number of hydrogen-bond acceptors (Lipinski definition) is 4. The second-order valence-electron chi connectivity index (χ2n) is 6.75. The van der Waals surface area contributed by atoms with Crippen LogP contribution in [0.3, 0.4) is 0 Å². The minimum absolute atomic E-state index is 0.163. The van der Waals surface area contributed by atoms with Gasteiger partial charge in [-0.3, -0.25) is 4.79 Å². The van der Waals surface area contributed by atoms with Crippen molar-refractivity contribution in [2.45, 2.75) is 20.4 Å². The maximum Gasteiger partial charge on any atom is 0.253 e. The second kappa shape index (κ2) is 11.0. The zero-order valence-electron chi connectivity index (χ0n) is 16.9. The van der Waals surface area contributed by atoms with E-state index >= 15 is 0 Å². The van der Waals surface area contributed by atoms with Crippen molar-refractivity contribution >= 4 is 5.91 Å². The van der Waals surface area contributed by atoms with Crippen molar-refractivity contribution in [3.8, 4) is 11.5 Å². The van der Waals surface area contributed by atoms with E-state index in [9.17, 15) is 9.18 Å². The molecule has 0 heterocycles. The molecule has 0 saturated heterocycles. The number of para-hydroxylation sites is 1. The van der Waals surface area contributed by atoms with E-state index in [0.717, 1.165) is 5.56 Å². The molecule has 0 bridgehead atoms. The first kappa shape index (κ1) is 22.2. The Morgan fingerprint density at radius 2 is 1.90 bits per heavy atom. The van der Waals surface area contributed by atoms with Crippen molar-refractivity contribution in [3.63, 3.8) is 0 Å². The highest BCUT2D eigenvalue weighted by atomic mass is 19.1. The fourth-order valence-corrected chi connectivity index (χ4v) is 2.57. The number of carbonyl (C=O) groups excluding carboxylic acids is 1. The Morgan fingerprint density at radius 1 is 1.21 bits per heavy atom. The number of nitrogens with one attached hydrogen (secondary N) is 1. The molecule has 6 heteroatoms. The fraction of sp³-hybridized carbons (Fsp3) is 0.261. The third-order valence-corrected chi connectivity index (χ3v) is 4.13. The maximum absolute atomic E-state index is 13.7. The molecule has 2 aromatic rings. The summed E-state index contributed by atoms with van der Waals surface area (Å²) in [6.07, 6.45) is 3.61. The van der Waals surface area contributed by atoms with Crippen molar-refractivity contribution in [2.24, 2.45) is 11.7 Å². The first-order chi connectivity index (χ1) is 13.9. The summed E-state index contributed by atoms with van der Waals surface area (Å²) in [5.41, 5.74) is 7.61. The van der Waals surface area contributed by atoms with Gasteiger partial charge in [0.2, 0.25) is 0 Å². The Hall–Kier alpha value is -3.12. The van der Waals surface area contributed by atoms with Gasteiger partial charge in [-0.15, -0.1) is 0 Å². The lowest BCUT2D eigenvalue weighted by molar-refractivity contribution is -0.117. The van der Waals surface area contributed by atoms with E-state index in [4.69, 9.17) is 15.2 Å². The zero-order chi connectivity index (χ0) is 21.2. The second-order valence-corrected chi connectivity index (χ2v) is 6.75. The molecule has 0 aliphatic carbocycles. The molecule has 1 atom stereocenters. The first-order valence-electron chi connectivity index (χ1n) is 9.33. The van der Waals surface area contributed by atoms with Crippen LogP contribution in [0.25, 0.3) is 0 Å². The van der Waals surface area contributed by atoms with Gasteiger partial charge in [0, 0.05) is 19.4 Å². The van der Waals surface area contributed by atoms with Crippen LogP contribution in [0.5, 0.6) is 11.5 Å². The summed E-state index contributed by atoms with van der Waals surface area (Å²) < 4.78 is 24.3. The highest BCUT2D eigenvalue weighted by molar-refractivity contribution is 5.96. The predicted octanol–water partition coefficient (Wildman–Crippen LogP) is 4.31. The summed E-state index contributed by atoms with van der Waals surface area (Å²) in [7, 11) is 1.63. The van der Waals surface area contributed by atoms with Gasteiger partial charge in [0.05, 0.1) is 12.2 Å². The van der Waals surface area contributed by atoms with Crippen LogP contribution in [0.4, 0.5) is 4.39 Å². The van der Waals surface area contributed by atoms with Gasteiger partial charge in [0.25, 0.3) is 5.91 Å².